The molecule has 4 heteroatoms. The lowest BCUT2D eigenvalue weighted by Gasteiger charge is -2.23. The zero-order valence-corrected chi connectivity index (χ0v) is 22.7. The van der Waals surface area contributed by atoms with Crippen LogP contribution in [0.4, 0.5) is 0 Å². The Hall–Kier alpha value is -3.26. The maximum atomic E-state index is 6.22. The number of hydrogen-bond donors (Lipinski definition) is 0. The fourth-order valence-corrected chi connectivity index (χ4v) is 5.85. The topological polar surface area (TPSA) is 27.7 Å². The molecule has 0 aliphatic carbocycles. The predicted molar refractivity (Wildman–Crippen MR) is 154 cm³/mol. The lowest BCUT2D eigenvalue weighted by atomic mass is 9.96. The van der Waals surface area contributed by atoms with Crippen LogP contribution < -0.4 is 9.47 Å². The molecule has 0 N–H and O–H groups in total. The number of rotatable bonds is 8. The average Bonchev–Trinajstić information content (AvgIpc) is 3.35. The van der Waals surface area contributed by atoms with Gasteiger partial charge in [-0.15, -0.1) is 17.3 Å². The van der Waals surface area contributed by atoms with E-state index in [-0.39, 0.29) is 6.10 Å². The third-order valence-corrected chi connectivity index (χ3v) is 7.98. The second-order valence-electron chi connectivity index (χ2n) is 9.60. The van der Waals surface area contributed by atoms with E-state index in [4.69, 9.17) is 14.2 Å². The molecule has 3 nitrogen and oxygen atoms in total. The molecule has 0 spiro atoms. The Labute approximate surface area is 224 Å². The number of benzene rings is 3. The highest BCUT2D eigenvalue weighted by atomic mass is 32.1. The first-order valence-electron chi connectivity index (χ1n) is 13.1. The minimum Gasteiger partial charge on any atom is -0.490 e. The molecule has 2 heterocycles. The van der Waals surface area contributed by atoms with Crippen LogP contribution in [0.5, 0.6) is 11.5 Å². The van der Waals surface area contributed by atoms with Crippen molar-refractivity contribution in [3.8, 4) is 34.5 Å². The summed E-state index contributed by atoms with van der Waals surface area (Å²) in [5.41, 5.74) is 6.12. The van der Waals surface area contributed by atoms with Gasteiger partial charge in [0.15, 0.2) is 0 Å². The van der Waals surface area contributed by atoms with Gasteiger partial charge in [-0.05, 0) is 78.2 Å². The van der Waals surface area contributed by atoms with Gasteiger partial charge in [0.1, 0.15) is 24.2 Å². The zero-order chi connectivity index (χ0) is 25.6. The third kappa shape index (κ3) is 6.01. The summed E-state index contributed by atoms with van der Waals surface area (Å²) in [6.45, 7) is 8.35. The van der Waals surface area contributed by atoms with E-state index < -0.39 is 0 Å². The molecule has 1 atom stereocenters. The van der Waals surface area contributed by atoms with Crippen LogP contribution in [0.1, 0.15) is 55.7 Å². The Morgan fingerprint density at radius 3 is 2.49 bits per heavy atom. The molecule has 1 aromatic heterocycles. The summed E-state index contributed by atoms with van der Waals surface area (Å²) in [5.74, 6) is 8.46. The lowest BCUT2D eigenvalue weighted by Crippen LogP contribution is -2.25. The number of thiophene rings is 1. The molecule has 5 rings (SSSR count). The van der Waals surface area contributed by atoms with Gasteiger partial charge in [-0.3, -0.25) is 0 Å². The highest BCUT2D eigenvalue weighted by molar-refractivity contribution is 7.17. The standard InChI is InChI=1S/C33H34O3S/c1-4-6-25(5-2)26-9-7-24(8-10-26)21-35-28-12-14-33-31(20-28)32(22-37-33)30-13-11-29(19-23(30)3)36-27-15-17-34-18-16-27/h7-14,19-20,22,25,27H,5,15-18,21H2,1-3H3. The molecule has 1 fully saturated rings. The Morgan fingerprint density at radius 1 is 0.973 bits per heavy atom. The Bertz CT molecular complexity index is 1400. The van der Waals surface area contributed by atoms with Gasteiger partial charge in [0.05, 0.1) is 13.2 Å². The molecule has 1 saturated heterocycles. The van der Waals surface area contributed by atoms with Crippen molar-refractivity contribution < 1.29 is 14.2 Å². The van der Waals surface area contributed by atoms with Crippen LogP contribution in [-0.4, -0.2) is 19.3 Å². The molecule has 1 aliphatic rings. The molecule has 0 amide bonds. The largest absolute Gasteiger partial charge is 0.490 e. The quantitative estimate of drug-likeness (QED) is 0.222. The van der Waals surface area contributed by atoms with Gasteiger partial charge in [-0.25, -0.2) is 0 Å². The van der Waals surface area contributed by atoms with Crippen molar-refractivity contribution in [3.63, 3.8) is 0 Å². The average molecular weight is 511 g/mol. The van der Waals surface area contributed by atoms with Crippen LogP contribution in [0.2, 0.25) is 0 Å². The Morgan fingerprint density at radius 2 is 1.76 bits per heavy atom. The van der Waals surface area contributed by atoms with Gasteiger partial charge in [0.25, 0.3) is 0 Å². The smallest absolute Gasteiger partial charge is 0.120 e. The molecular formula is C33H34O3S. The molecule has 0 bridgehead atoms. The van der Waals surface area contributed by atoms with E-state index in [2.05, 4.69) is 91.7 Å². The van der Waals surface area contributed by atoms with Crippen LogP contribution in [0.3, 0.4) is 0 Å². The van der Waals surface area contributed by atoms with Crippen molar-refractivity contribution >= 4 is 21.4 Å². The van der Waals surface area contributed by atoms with Gasteiger partial charge < -0.3 is 14.2 Å². The summed E-state index contributed by atoms with van der Waals surface area (Å²) in [4.78, 5) is 0. The molecule has 0 saturated carbocycles. The van der Waals surface area contributed by atoms with Gasteiger partial charge in [-0.2, -0.15) is 0 Å². The Balaban J connectivity index is 1.30. The molecule has 3 aromatic carbocycles. The Kier molecular flexibility index (Phi) is 8.14. The second kappa shape index (κ2) is 11.9. The molecule has 0 radical (unpaired) electrons. The van der Waals surface area contributed by atoms with E-state index in [1.54, 1.807) is 11.3 Å². The molecular weight excluding hydrogens is 476 g/mol. The van der Waals surface area contributed by atoms with Gasteiger partial charge in [-0.1, -0.05) is 43.2 Å². The first kappa shape index (κ1) is 25.4. The SMILES string of the molecule is CC#CC(CC)c1ccc(COc2ccc3scc(-c4ccc(OC5CCOCC5)cc4C)c3c2)cc1. The second-order valence-corrected chi connectivity index (χ2v) is 10.5. The van der Waals surface area contributed by atoms with E-state index in [1.807, 2.05) is 6.92 Å². The lowest BCUT2D eigenvalue weighted by molar-refractivity contribution is 0.0255. The van der Waals surface area contributed by atoms with Crippen LogP contribution in [0.25, 0.3) is 21.2 Å². The first-order valence-corrected chi connectivity index (χ1v) is 14.0. The number of hydrogen-bond acceptors (Lipinski definition) is 4. The number of ether oxygens (including phenoxy) is 3. The van der Waals surface area contributed by atoms with Gasteiger partial charge in [0, 0.05) is 34.4 Å². The summed E-state index contributed by atoms with van der Waals surface area (Å²) in [6.07, 6.45) is 3.17. The number of aryl methyl sites for hydroxylation is 1. The first-order chi connectivity index (χ1) is 18.1. The van der Waals surface area contributed by atoms with Crippen LogP contribution in [0, 0.1) is 18.8 Å². The van der Waals surface area contributed by atoms with E-state index in [1.165, 1.54) is 32.3 Å². The van der Waals surface area contributed by atoms with Crippen molar-refractivity contribution in [1.82, 2.24) is 0 Å². The summed E-state index contributed by atoms with van der Waals surface area (Å²) < 4.78 is 19.2. The highest BCUT2D eigenvalue weighted by Crippen LogP contribution is 2.38. The summed E-state index contributed by atoms with van der Waals surface area (Å²) in [5, 5.41) is 3.47. The summed E-state index contributed by atoms with van der Waals surface area (Å²) in [7, 11) is 0. The molecule has 1 unspecified atom stereocenters. The van der Waals surface area contributed by atoms with Crippen molar-refractivity contribution in [1.29, 1.82) is 0 Å². The fraction of sp³-hybridized carbons (Fsp3) is 0.333. The van der Waals surface area contributed by atoms with Crippen molar-refractivity contribution in [2.24, 2.45) is 0 Å². The number of fused-ring (bicyclic) bond motifs is 1. The normalized spacial score (nSPS) is 14.7. The van der Waals surface area contributed by atoms with E-state index in [0.29, 0.717) is 12.5 Å². The summed E-state index contributed by atoms with van der Waals surface area (Å²) in [6, 6.07) is 21.5. The van der Waals surface area contributed by atoms with Gasteiger partial charge in [0.2, 0.25) is 0 Å². The van der Waals surface area contributed by atoms with E-state index in [0.717, 1.165) is 49.5 Å². The minimum absolute atomic E-state index is 0.245. The minimum atomic E-state index is 0.245. The van der Waals surface area contributed by atoms with Crippen molar-refractivity contribution in [2.75, 3.05) is 13.2 Å². The maximum Gasteiger partial charge on any atom is 0.120 e. The molecule has 4 aromatic rings. The van der Waals surface area contributed by atoms with Crippen LogP contribution >= 0.6 is 11.3 Å². The van der Waals surface area contributed by atoms with Crippen LogP contribution in [0.15, 0.2) is 66.0 Å². The van der Waals surface area contributed by atoms with Crippen LogP contribution in [-0.2, 0) is 11.3 Å². The third-order valence-electron chi connectivity index (χ3n) is 7.02. The van der Waals surface area contributed by atoms with E-state index in [9.17, 15) is 0 Å². The zero-order valence-electron chi connectivity index (χ0n) is 21.9. The molecule has 190 valence electrons. The molecule has 37 heavy (non-hydrogen) atoms. The van der Waals surface area contributed by atoms with Gasteiger partial charge >= 0.3 is 0 Å². The molecule has 1 aliphatic heterocycles. The fourth-order valence-electron chi connectivity index (χ4n) is 4.91. The maximum absolute atomic E-state index is 6.22. The monoisotopic (exact) mass is 510 g/mol. The predicted octanol–water partition coefficient (Wildman–Crippen LogP) is 8.53. The highest BCUT2D eigenvalue weighted by Gasteiger charge is 2.16. The summed E-state index contributed by atoms with van der Waals surface area (Å²) >= 11 is 1.77. The van der Waals surface area contributed by atoms with Crippen molar-refractivity contribution in [2.45, 2.75) is 58.7 Å². The van der Waals surface area contributed by atoms with E-state index >= 15 is 0 Å². The van der Waals surface area contributed by atoms with Crippen molar-refractivity contribution in [3.05, 3.63) is 82.7 Å².